The molecule has 10 heteroatoms. The molecule has 0 heterocycles. The summed E-state index contributed by atoms with van der Waals surface area (Å²) in [6.45, 7) is 15.7. The zero-order valence-corrected chi connectivity index (χ0v) is 22.6. The van der Waals surface area contributed by atoms with Crippen molar-refractivity contribution in [2.45, 2.75) is 66.5 Å². The molecule has 0 amide bonds. The average Bonchev–Trinajstić information content (AvgIpc) is 2.67. The topological polar surface area (TPSA) is 55.4 Å². The van der Waals surface area contributed by atoms with Crippen molar-refractivity contribution >= 4 is 42.9 Å². The zero-order valence-electron chi connectivity index (χ0n) is 18.8. The van der Waals surface area contributed by atoms with Crippen molar-refractivity contribution in [1.82, 2.24) is 0 Å². The largest absolute Gasteiger partial charge is 0.500 e. The summed E-state index contributed by atoms with van der Waals surface area (Å²) >= 11 is 8.38. The first-order valence-corrected chi connectivity index (χ1v) is 15.7. The fourth-order valence-electron chi connectivity index (χ4n) is 2.59. The van der Waals surface area contributed by atoms with Crippen molar-refractivity contribution in [1.29, 1.82) is 0 Å². The second-order valence-electron chi connectivity index (χ2n) is 5.62. The van der Waals surface area contributed by atoms with Crippen molar-refractivity contribution in [2.75, 3.05) is 51.1 Å². The van der Waals surface area contributed by atoms with E-state index in [1.54, 1.807) is 0 Å². The lowest BCUT2D eigenvalue weighted by Gasteiger charge is -2.28. The van der Waals surface area contributed by atoms with Crippen LogP contribution in [0.5, 0.6) is 0 Å². The third kappa shape index (κ3) is 14.8. The SMILES string of the molecule is CCO[Si](CCCS)(OCC)OCC.CCO[Si](CCCS)(OCC)OCC. The Balaban J connectivity index is 0. The minimum absolute atomic E-state index is 0.652. The Kier molecular flexibility index (Phi) is 23.5. The molecule has 0 spiro atoms. The highest BCUT2D eigenvalue weighted by atomic mass is 32.1. The molecule has 0 radical (unpaired) electrons. The first-order chi connectivity index (χ1) is 13.5. The standard InChI is InChI=1S/2C9H22O3SSi/c2*1-4-10-14(11-5-2,12-6-3)9-7-8-13/h2*13H,4-9H2,1-3H3. The van der Waals surface area contributed by atoms with Gasteiger partial charge in [0, 0.05) is 51.7 Å². The summed E-state index contributed by atoms with van der Waals surface area (Å²) in [5.41, 5.74) is 0. The van der Waals surface area contributed by atoms with E-state index in [9.17, 15) is 0 Å². The van der Waals surface area contributed by atoms with Crippen LogP contribution in [-0.4, -0.2) is 68.8 Å². The predicted molar refractivity (Wildman–Crippen MR) is 128 cm³/mol. The van der Waals surface area contributed by atoms with Gasteiger partial charge in [0.2, 0.25) is 0 Å². The molecule has 0 atom stereocenters. The molecule has 0 unspecified atom stereocenters. The van der Waals surface area contributed by atoms with E-state index in [4.69, 9.17) is 26.6 Å². The van der Waals surface area contributed by atoms with Gasteiger partial charge in [0.1, 0.15) is 0 Å². The van der Waals surface area contributed by atoms with Gasteiger partial charge in [-0.1, -0.05) is 0 Å². The molecule has 172 valence electrons. The summed E-state index contributed by atoms with van der Waals surface area (Å²) in [5.74, 6) is 1.70. The van der Waals surface area contributed by atoms with Gasteiger partial charge in [0.25, 0.3) is 0 Å². The molecule has 0 rings (SSSR count). The second-order valence-corrected chi connectivity index (χ2v) is 12.0. The van der Waals surface area contributed by atoms with Gasteiger partial charge >= 0.3 is 17.6 Å². The van der Waals surface area contributed by atoms with Gasteiger partial charge < -0.3 is 26.6 Å². The highest BCUT2D eigenvalue weighted by Crippen LogP contribution is 2.19. The van der Waals surface area contributed by atoms with Crippen LogP contribution in [0.15, 0.2) is 0 Å². The van der Waals surface area contributed by atoms with Gasteiger partial charge in [0.05, 0.1) is 0 Å². The predicted octanol–water partition coefficient (Wildman–Crippen LogP) is 4.71. The van der Waals surface area contributed by atoms with Crippen molar-refractivity contribution in [3.8, 4) is 0 Å². The molecule has 0 saturated carbocycles. The Morgan fingerprint density at radius 2 is 0.679 bits per heavy atom. The van der Waals surface area contributed by atoms with Gasteiger partial charge in [0.15, 0.2) is 0 Å². The third-order valence-electron chi connectivity index (χ3n) is 3.47. The van der Waals surface area contributed by atoms with E-state index >= 15 is 0 Å². The number of thiol groups is 2. The summed E-state index contributed by atoms with van der Waals surface area (Å²) in [6, 6.07) is 1.73. The number of hydrogen-bond donors (Lipinski definition) is 2. The minimum Gasteiger partial charge on any atom is -0.374 e. The molecule has 28 heavy (non-hydrogen) atoms. The highest BCUT2D eigenvalue weighted by Gasteiger charge is 2.40. The van der Waals surface area contributed by atoms with E-state index in [1.165, 1.54) is 0 Å². The van der Waals surface area contributed by atoms with E-state index in [0.717, 1.165) is 36.4 Å². The maximum atomic E-state index is 5.67. The van der Waals surface area contributed by atoms with Crippen LogP contribution in [0.1, 0.15) is 54.4 Å². The smallest absolute Gasteiger partial charge is 0.374 e. The van der Waals surface area contributed by atoms with Crippen LogP contribution in [0.25, 0.3) is 0 Å². The lowest BCUT2D eigenvalue weighted by Crippen LogP contribution is -2.46. The maximum absolute atomic E-state index is 5.67. The van der Waals surface area contributed by atoms with Crippen molar-refractivity contribution in [3.63, 3.8) is 0 Å². The van der Waals surface area contributed by atoms with Crippen LogP contribution in [0.2, 0.25) is 12.1 Å². The van der Waals surface area contributed by atoms with Gasteiger partial charge in [-0.2, -0.15) is 25.3 Å². The summed E-state index contributed by atoms with van der Waals surface area (Å²) in [7, 11) is -4.73. The molecule has 6 nitrogen and oxygen atoms in total. The summed E-state index contributed by atoms with van der Waals surface area (Å²) in [4.78, 5) is 0. The fraction of sp³-hybridized carbons (Fsp3) is 1.00. The Morgan fingerprint density at radius 3 is 0.821 bits per heavy atom. The van der Waals surface area contributed by atoms with Crippen LogP contribution in [0, 0.1) is 0 Å². The Labute approximate surface area is 186 Å². The van der Waals surface area contributed by atoms with E-state index in [2.05, 4.69) is 25.3 Å². The van der Waals surface area contributed by atoms with E-state index in [-0.39, 0.29) is 0 Å². The molecular formula is C18H44O6S2Si2. The lowest BCUT2D eigenvalue weighted by molar-refractivity contribution is 0.0704. The van der Waals surface area contributed by atoms with Crippen LogP contribution < -0.4 is 0 Å². The summed E-state index contributed by atoms with van der Waals surface area (Å²) in [6.07, 6.45) is 1.96. The van der Waals surface area contributed by atoms with Crippen LogP contribution in [0.3, 0.4) is 0 Å². The molecule has 0 aromatic heterocycles. The fourth-order valence-corrected chi connectivity index (χ4v) is 8.73. The second kappa shape index (κ2) is 21.1. The molecule has 0 fully saturated rings. The van der Waals surface area contributed by atoms with Gasteiger partial charge in [-0.25, -0.2) is 0 Å². The van der Waals surface area contributed by atoms with Crippen LogP contribution in [-0.2, 0) is 26.6 Å². The molecule has 0 aliphatic heterocycles. The molecular weight excluding hydrogens is 432 g/mol. The Hall–Kier alpha value is 0.894. The minimum atomic E-state index is -2.37. The zero-order chi connectivity index (χ0) is 21.7. The van der Waals surface area contributed by atoms with Crippen molar-refractivity contribution in [3.05, 3.63) is 0 Å². The van der Waals surface area contributed by atoms with Gasteiger partial charge in [-0.05, 0) is 65.9 Å². The average molecular weight is 477 g/mol. The molecule has 0 bridgehead atoms. The lowest BCUT2D eigenvalue weighted by atomic mass is 10.6. The Bertz CT molecular complexity index is 266. The molecule has 0 saturated heterocycles. The van der Waals surface area contributed by atoms with Crippen LogP contribution in [0.4, 0.5) is 0 Å². The molecule has 0 N–H and O–H groups in total. The van der Waals surface area contributed by atoms with Crippen molar-refractivity contribution in [2.24, 2.45) is 0 Å². The molecule has 0 aromatic carbocycles. The summed E-state index contributed by atoms with van der Waals surface area (Å²) in [5, 5.41) is 0. The third-order valence-corrected chi connectivity index (χ3v) is 10.4. The number of hydrogen-bond acceptors (Lipinski definition) is 8. The highest BCUT2D eigenvalue weighted by molar-refractivity contribution is 7.80. The first kappa shape index (κ1) is 31.1. The normalized spacial score (nSPS) is 12.0. The first-order valence-electron chi connectivity index (χ1n) is 10.5. The van der Waals surface area contributed by atoms with Crippen LogP contribution >= 0.6 is 25.3 Å². The number of rotatable bonds is 18. The Morgan fingerprint density at radius 1 is 0.464 bits per heavy atom. The maximum Gasteiger partial charge on any atom is 0.500 e. The quantitative estimate of drug-likeness (QED) is 0.221. The molecule has 0 aliphatic rings. The summed E-state index contributed by atoms with van der Waals surface area (Å²) < 4.78 is 34.0. The molecule has 0 aromatic rings. The monoisotopic (exact) mass is 476 g/mol. The van der Waals surface area contributed by atoms with E-state index < -0.39 is 17.6 Å². The van der Waals surface area contributed by atoms with E-state index in [0.29, 0.717) is 39.6 Å². The molecule has 0 aliphatic carbocycles. The van der Waals surface area contributed by atoms with Gasteiger partial charge in [-0.15, -0.1) is 0 Å². The van der Waals surface area contributed by atoms with Gasteiger partial charge in [-0.3, -0.25) is 0 Å². The van der Waals surface area contributed by atoms with E-state index in [1.807, 2.05) is 41.5 Å². The van der Waals surface area contributed by atoms with Crippen molar-refractivity contribution < 1.29 is 26.6 Å².